The number of rotatable bonds is 3. The minimum atomic E-state index is -1.29. The van der Waals surface area contributed by atoms with Gasteiger partial charge in [-0.1, -0.05) is 0 Å². The van der Waals surface area contributed by atoms with Crippen LogP contribution in [0.5, 0.6) is 0 Å². The van der Waals surface area contributed by atoms with Crippen LogP contribution in [0.3, 0.4) is 0 Å². The normalized spacial score (nSPS) is 10.2. The number of hydrogen-bond acceptors (Lipinski definition) is 4. The number of carboxylic acids is 1. The molecule has 1 N–H and O–H groups in total. The van der Waals surface area contributed by atoms with Gasteiger partial charge in [0.15, 0.2) is 5.16 Å². The Bertz CT molecular complexity index is 548. The predicted molar refractivity (Wildman–Crippen MR) is 59.5 cm³/mol. The largest absolute Gasteiger partial charge is 0.478 e. The first kappa shape index (κ1) is 11.5. The first-order valence-electron chi connectivity index (χ1n) is 4.64. The first-order chi connectivity index (χ1) is 8.16. The maximum absolute atomic E-state index is 13.1. The molecule has 0 bridgehead atoms. The second kappa shape index (κ2) is 4.92. The van der Waals surface area contributed by atoms with Crippen molar-refractivity contribution in [1.82, 2.24) is 9.97 Å². The first-order valence-corrected chi connectivity index (χ1v) is 5.46. The van der Waals surface area contributed by atoms with E-state index in [0.717, 1.165) is 6.07 Å². The van der Waals surface area contributed by atoms with Gasteiger partial charge in [-0.05, 0) is 36.0 Å². The van der Waals surface area contributed by atoms with Crippen molar-refractivity contribution in [2.24, 2.45) is 0 Å². The maximum Gasteiger partial charge on any atom is 0.338 e. The van der Waals surface area contributed by atoms with Gasteiger partial charge in [0.05, 0.1) is 5.56 Å². The van der Waals surface area contributed by atoms with E-state index in [1.807, 2.05) is 0 Å². The standard InChI is InChI=1S/C11H7FN2O2S/c12-9-3-2-7(6-8(9)10(15)16)17-11-13-4-1-5-14-11/h1-6H,(H,15,16). The average Bonchev–Trinajstić information content (AvgIpc) is 2.32. The predicted octanol–water partition coefficient (Wildman–Crippen LogP) is 2.47. The molecule has 0 amide bonds. The summed E-state index contributed by atoms with van der Waals surface area (Å²) in [5.41, 5.74) is -0.356. The summed E-state index contributed by atoms with van der Waals surface area (Å²) in [4.78, 5) is 19.3. The lowest BCUT2D eigenvalue weighted by atomic mass is 10.2. The van der Waals surface area contributed by atoms with Crippen molar-refractivity contribution >= 4 is 17.7 Å². The molecule has 0 saturated heterocycles. The third-order valence-electron chi connectivity index (χ3n) is 1.92. The van der Waals surface area contributed by atoms with Gasteiger partial charge in [-0.25, -0.2) is 19.2 Å². The number of aromatic nitrogens is 2. The Kier molecular flexibility index (Phi) is 3.34. The third kappa shape index (κ3) is 2.79. The Morgan fingerprint density at radius 2 is 2.00 bits per heavy atom. The minimum Gasteiger partial charge on any atom is -0.478 e. The lowest BCUT2D eigenvalue weighted by Crippen LogP contribution is -2.00. The van der Waals surface area contributed by atoms with E-state index in [-0.39, 0.29) is 5.56 Å². The van der Waals surface area contributed by atoms with Gasteiger partial charge in [0.2, 0.25) is 0 Å². The van der Waals surface area contributed by atoms with Crippen molar-refractivity contribution in [2.75, 3.05) is 0 Å². The highest BCUT2D eigenvalue weighted by molar-refractivity contribution is 7.99. The van der Waals surface area contributed by atoms with E-state index in [4.69, 9.17) is 5.11 Å². The lowest BCUT2D eigenvalue weighted by molar-refractivity contribution is 0.0691. The number of halogens is 1. The smallest absolute Gasteiger partial charge is 0.338 e. The topological polar surface area (TPSA) is 63.1 Å². The molecule has 0 aliphatic heterocycles. The Morgan fingerprint density at radius 1 is 1.29 bits per heavy atom. The molecule has 0 atom stereocenters. The molecule has 0 unspecified atom stereocenters. The molecule has 0 radical (unpaired) electrons. The van der Waals surface area contributed by atoms with Crippen LogP contribution in [0, 0.1) is 5.82 Å². The number of hydrogen-bond donors (Lipinski definition) is 1. The molecule has 0 aliphatic carbocycles. The number of nitrogens with zero attached hydrogens (tertiary/aromatic N) is 2. The lowest BCUT2D eigenvalue weighted by Gasteiger charge is -2.02. The number of carboxylic acid groups (broad SMARTS) is 1. The van der Waals surface area contributed by atoms with E-state index >= 15 is 0 Å². The number of benzene rings is 1. The Morgan fingerprint density at radius 3 is 2.65 bits per heavy atom. The fraction of sp³-hybridized carbons (Fsp3) is 0. The van der Waals surface area contributed by atoms with Gasteiger partial charge in [-0.3, -0.25) is 0 Å². The molecule has 0 spiro atoms. The van der Waals surface area contributed by atoms with Crippen LogP contribution in [0.25, 0.3) is 0 Å². The molecule has 0 saturated carbocycles. The summed E-state index contributed by atoms with van der Waals surface area (Å²) >= 11 is 1.18. The Labute approximate surface area is 101 Å². The van der Waals surface area contributed by atoms with Crippen molar-refractivity contribution in [1.29, 1.82) is 0 Å². The van der Waals surface area contributed by atoms with Gasteiger partial charge in [0.1, 0.15) is 5.82 Å². The van der Waals surface area contributed by atoms with Crippen LogP contribution >= 0.6 is 11.8 Å². The average molecular weight is 250 g/mol. The van der Waals surface area contributed by atoms with Gasteiger partial charge in [-0.2, -0.15) is 0 Å². The summed E-state index contributed by atoms with van der Waals surface area (Å²) in [7, 11) is 0. The quantitative estimate of drug-likeness (QED) is 0.848. The zero-order chi connectivity index (χ0) is 12.3. The number of aromatic carboxylic acids is 1. The van der Waals surface area contributed by atoms with Crippen LogP contribution < -0.4 is 0 Å². The van der Waals surface area contributed by atoms with E-state index in [1.54, 1.807) is 18.5 Å². The van der Waals surface area contributed by atoms with Gasteiger partial charge in [0, 0.05) is 17.3 Å². The van der Waals surface area contributed by atoms with Crippen molar-refractivity contribution in [3.8, 4) is 0 Å². The zero-order valence-corrected chi connectivity index (χ0v) is 9.32. The fourth-order valence-corrected chi connectivity index (χ4v) is 1.93. The molecule has 2 rings (SSSR count). The van der Waals surface area contributed by atoms with Crippen molar-refractivity contribution in [3.63, 3.8) is 0 Å². The summed E-state index contributed by atoms with van der Waals surface area (Å²) in [5, 5.41) is 9.26. The third-order valence-corrected chi connectivity index (χ3v) is 2.80. The van der Waals surface area contributed by atoms with Gasteiger partial charge >= 0.3 is 5.97 Å². The Hall–Kier alpha value is -1.95. The molecule has 17 heavy (non-hydrogen) atoms. The Balaban J connectivity index is 2.29. The highest BCUT2D eigenvalue weighted by Crippen LogP contribution is 2.25. The molecule has 1 aromatic heterocycles. The van der Waals surface area contributed by atoms with Crippen molar-refractivity contribution < 1.29 is 14.3 Å². The van der Waals surface area contributed by atoms with Crippen LogP contribution in [0.15, 0.2) is 46.7 Å². The molecule has 1 heterocycles. The summed E-state index contributed by atoms with van der Waals surface area (Å²) in [5.74, 6) is -2.05. The number of carbonyl (C=O) groups is 1. The van der Waals surface area contributed by atoms with Gasteiger partial charge < -0.3 is 5.11 Å². The molecule has 0 aliphatic rings. The monoisotopic (exact) mass is 250 g/mol. The van der Waals surface area contributed by atoms with Crippen molar-refractivity contribution in [2.45, 2.75) is 10.1 Å². The van der Waals surface area contributed by atoms with E-state index in [1.165, 1.54) is 23.9 Å². The SMILES string of the molecule is O=C(O)c1cc(Sc2ncccn2)ccc1F. The molecule has 2 aromatic rings. The van der Waals surface area contributed by atoms with Gasteiger partial charge in [0.25, 0.3) is 0 Å². The molecular weight excluding hydrogens is 243 g/mol. The molecule has 86 valence electrons. The van der Waals surface area contributed by atoms with Crippen LogP contribution in [0.2, 0.25) is 0 Å². The fourth-order valence-electron chi connectivity index (χ4n) is 1.18. The van der Waals surface area contributed by atoms with Crippen LogP contribution in [-0.2, 0) is 0 Å². The molecule has 4 nitrogen and oxygen atoms in total. The van der Waals surface area contributed by atoms with Crippen LogP contribution in [0.4, 0.5) is 4.39 Å². The summed E-state index contributed by atoms with van der Waals surface area (Å²) in [6.07, 6.45) is 3.16. The molecule has 6 heteroatoms. The zero-order valence-electron chi connectivity index (χ0n) is 8.50. The second-order valence-corrected chi connectivity index (χ2v) is 4.12. The second-order valence-electron chi connectivity index (χ2n) is 3.08. The highest BCUT2D eigenvalue weighted by Gasteiger charge is 2.11. The summed E-state index contributed by atoms with van der Waals surface area (Å²) in [6, 6.07) is 5.55. The minimum absolute atomic E-state index is 0.356. The van der Waals surface area contributed by atoms with Crippen LogP contribution in [-0.4, -0.2) is 21.0 Å². The van der Waals surface area contributed by atoms with E-state index in [2.05, 4.69) is 9.97 Å². The summed E-state index contributed by atoms with van der Waals surface area (Å²) < 4.78 is 13.1. The summed E-state index contributed by atoms with van der Waals surface area (Å²) in [6.45, 7) is 0. The molecule has 1 aromatic carbocycles. The molecule has 0 fully saturated rings. The maximum atomic E-state index is 13.1. The van der Waals surface area contributed by atoms with Crippen molar-refractivity contribution in [3.05, 3.63) is 48.0 Å². The molecular formula is C11H7FN2O2S. The van der Waals surface area contributed by atoms with E-state index < -0.39 is 11.8 Å². The van der Waals surface area contributed by atoms with Gasteiger partial charge in [-0.15, -0.1) is 0 Å². The van der Waals surface area contributed by atoms with Crippen LogP contribution in [0.1, 0.15) is 10.4 Å². The highest BCUT2D eigenvalue weighted by atomic mass is 32.2. The van der Waals surface area contributed by atoms with E-state index in [9.17, 15) is 9.18 Å². The van der Waals surface area contributed by atoms with E-state index in [0.29, 0.717) is 10.1 Å².